The van der Waals surface area contributed by atoms with Gasteiger partial charge in [0.1, 0.15) is 19.5 Å². The maximum Gasteiger partial charge on any atom is 0.335 e. The Bertz CT molecular complexity index is 509. The first-order valence-corrected chi connectivity index (χ1v) is 5.26. The van der Waals surface area contributed by atoms with Gasteiger partial charge < -0.3 is 19.9 Å². The van der Waals surface area contributed by atoms with Gasteiger partial charge >= 0.3 is 5.97 Å². The average Bonchev–Trinajstić information content (AvgIpc) is 2.40. The second-order valence-corrected chi connectivity index (χ2v) is 3.54. The largest absolute Gasteiger partial charge is 0.494 e. The fourth-order valence-corrected chi connectivity index (χ4v) is 1.41. The van der Waals surface area contributed by atoms with Gasteiger partial charge in [0.2, 0.25) is 5.76 Å². The Hall–Kier alpha value is -2.50. The van der Waals surface area contributed by atoms with Crippen molar-refractivity contribution >= 4 is 17.6 Å². The molecule has 0 spiro atoms. The van der Waals surface area contributed by atoms with Gasteiger partial charge in [-0.1, -0.05) is 6.07 Å². The van der Waals surface area contributed by atoms with E-state index in [1.807, 2.05) is 0 Å². The van der Waals surface area contributed by atoms with E-state index in [0.717, 1.165) is 0 Å². The molecule has 2 rings (SSSR count). The maximum atomic E-state index is 11.7. The van der Waals surface area contributed by atoms with E-state index in [-0.39, 0.29) is 11.3 Å². The fourth-order valence-electron chi connectivity index (χ4n) is 1.41. The number of hydrogen-bond donors (Lipinski definition) is 2. The van der Waals surface area contributed by atoms with E-state index in [2.05, 4.69) is 5.32 Å². The fraction of sp³-hybridized carbons (Fsp3) is 0.167. The van der Waals surface area contributed by atoms with Gasteiger partial charge in [-0.25, -0.2) is 4.79 Å². The van der Waals surface area contributed by atoms with Crippen LogP contribution in [0.1, 0.15) is 10.4 Å². The first-order chi connectivity index (χ1) is 8.66. The molecule has 1 aromatic rings. The van der Waals surface area contributed by atoms with Crippen molar-refractivity contribution in [3.05, 3.63) is 41.9 Å². The van der Waals surface area contributed by atoms with Crippen LogP contribution in [0.5, 0.6) is 0 Å². The molecule has 0 aliphatic carbocycles. The minimum absolute atomic E-state index is 0.0713. The monoisotopic (exact) mass is 249 g/mol. The number of nitrogens with one attached hydrogen (secondary N) is 1. The van der Waals surface area contributed by atoms with Crippen LogP contribution in [-0.4, -0.2) is 30.2 Å². The summed E-state index contributed by atoms with van der Waals surface area (Å²) in [4.78, 5) is 22.5. The lowest BCUT2D eigenvalue weighted by Gasteiger charge is -2.15. The van der Waals surface area contributed by atoms with Gasteiger partial charge in [0, 0.05) is 5.69 Å². The molecule has 6 nitrogen and oxygen atoms in total. The molecule has 0 aromatic heterocycles. The highest BCUT2D eigenvalue weighted by molar-refractivity contribution is 6.02. The average molecular weight is 249 g/mol. The molecular weight excluding hydrogens is 238 g/mol. The molecule has 1 aliphatic heterocycles. The summed E-state index contributed by atoms with van der Waals surface area (Å²) < 4.78 is 10.1. The summed E-state index contributed by atoms with van der Waals surface area (Å²) in [5.74, 6) is -1.46. The number of benzene rings is 1. The van der Waals surface area contributed by atoms with Gasteiger partial charge in [-0.05, 0) is 18.2 Å². The molecule has 2 N–H and O–H groups in total. The summed E-state index contributed by atoms with van der Waals surface area (Å²) in [5, 5.41) is 11.4. The molecule has 1 amide bonds. The molecule has 6 heteroatoms. The third-order valence-electron chi connectivity index (χ3n) is 2.24. The summed E-state index contributed by atoms with van der Waals surface area (Å²) in [5.41, 5.74) is 0.484. The molecule has 0 atom stereocenters. The van der Waals surface area contributed by atoms with Crippen LogP contribution >= 0.6 is 0 Å². The molecule has 1 aliphatic rings. The zero-order valence-corrected chi connectivity index (χ0v) is 9.38. The number of hydrogen-bond acceptors (Lipinski definition) is 4. The van der Waals surface area contributed by atoms with Crippen molar-refractivity contribution in [1.29, 1.82) is 0 Å². The van der Waals surface area contributed by atoms with Gasteiger partial charge in [-0.2, -0.15) is 0 Å². The van der Waals surface area contributed by atoms with Gasteiger partial charge in [0.25, 0.3) is 5.91 Å². The third kappa shape index (κ3) is 2.79. The maximum absolute atomic E-state index is 11.7. The van der Waals surface area contributed by atoms with E-state index in [1.54, 1.807) is 12.1 Å². The smallest absolute Gasteiger partial charge is 0.335 e. The minimum Gasteiger partial charge on any atom is -0.494 e. The molecule has 0 fully saturated rings. The van der Waals surface area contributed by atoms with Gasteiger partial charge in [0.05, 0.1) is 5.56 Å². The van der Waals surface area contributed by atoms with Crippen molar-refractivity contribution in [3.63, 3.8) is 0 Å². The van der Waals surface area contributed by atoms with E-state index < -0.39 is 11.9 Å². The molecule has 18 heavy (non-hydrogen) atoms. The predicted octanol–water partition coefficient (Wildman–Crippen LogP) is 1.21. The van der Waals surface area contributed by atoms with Crippen LogP contribution in [0.2, 0.25) is 0 Å². The van der Waals surface area contributed by atoms with Gasteiger partial charge in [-0.3, -0.25) is 4.79 Å². The Labute approximate surface area is 103 Å². The van der Waals surface area contributed by atoms with Crippen LogP contribution in [0.15, 0.2) is 36.3 Å². The SMILES string of the molecule is O=C(Nc1cccc(C(=O)O)c1)C1=COCCO1. The van der Waals surface area contributed by atoms with Crippen molar-refractivity contribution < 1.29 is 24.2 Å². The number of aromatic carboxylic acids is 1. The van der Waals surface area contributed by atoms with Crippen LogP contribution in [-0.2, 0) is 14.3 Å². The summed E-state index contributed by atoms with van der Waals surface area (Å²) in [6.07, 6.45) is 1.24. The molecule has 1 heterocycles. The lowest BCUT2D eigenvalue weighted by atomic mass is 10.2. The number of carboxylic acid groups (broad SMARTS) is 1. The highest BCUT2D eigenvalue weighted by Gasteiger charge is 2.15. The Morgan fingerprint density at radius 2 is 2.11 bits per heavy atom. The zero-order valence-electron chi connectivity index (χ0n) is 9.38. The quantitative estimate of drug-likeness (QED) is 0.841. The van der Waals surface area contributed by atoms with Crippen molar-refractivity contribution in [2.75, 3.05) is 18.5 Å². The van der Waals surface area contributed by atoms with E-state index in [0.29, 0.717) is 18.9 Å². The normalized spacial score (nSPS) is 13.9. The number of amides is 1. The number of carboxylic acids is 1. The molecule has 0 unspecified atom stereocenters. The molecular formula is C12H11NO5. The van der Waals surface area contributed by atoms with Gasteiger partial charge in [0.15, 0.2) is 0 Å². The molecule has 1 aromatic carbocycles. The molecule has 0 radical (unpaired) electrons. The molecule has 0 bridgehead atoms. The third-order valence-corrected chi connectivity index (χ3v) is 2.24. The lowest BCUT2D eigenvalue weighted by molar-refractivity contribution is -0.117. The lowest BCUT2D eigenvalue weighted by Crippen LogP contribution is -2.21. The number of carbonyl (C=O) groups excluding carboxylic acids is 1. The highest BCUT2D eigenvalue weighted by atomic mass is 16.6. The van der Waals surface area contributed by atoms with Crippen molar-refractivity contribution in [2.45, 2.75) is 0 Å². The van der Waals surface area contributed by atoms with Gasteiger partial charge in [-0.15, -0.1) is 0 Å². The Kier molecular flexibility index (Phi) is 3.47. The summed E-state index contributed by atoms with van der Waals surface area (Å²) in [6.45, 7) is 0.722. The molecule has 0 saturated carbocycles. The van der Waals surface area contributed by atoms with Crippen LogP contribution in [0.4, 0.5) is 5.69 Å². The summed E-state index contributed by atoms with van der Waals surface area (Å²) in [7, 11) is 0. The van der Waals surface area contributed by atoms with Crippen LogP contribution in [0.3, 0.4) is 0 Å². The Morgan fingerprint density at radius 3 is 2.78 bits per heavy atom. The van der Waals surface area contributed by atoms with E-state index >= 15 is 0 Å². The number of rotatable bonds is 3. The topological polar surface area (TPSA) is 84.9 Å². The number of carbonyl (C=O) groups is 2. The van der Waals surface area contributed by atoms with Crippen LogP contribution in [0.25, 0.3) is 0 Å². The van der Waals surface area contributed by atoms with Crippen LogP contribution < -0.4 is 5.32 Å². The zero-order chi connectivity index (χ0) is 13.0. The summed E-state index contributed by atoms with van der Waals surface area (Å²) >= 11 is 0. The Balaban J connectivity index is 2.09. The van der Waals surface area contributed by atoms with Crippen LogP contribution in [0, 0.1) is 0 Å². The predicted molar refractivity (Wildman–Crippen MR) is 62.0 cm³/mol. The Morgan fingerprint density at radius 1 is 1.28 bits per heavy atom. The minimum atomic E-state index is -1.05. The standard InChI is InChI=1S/C12H11NO5/c14-11(10-7-17-4-5-18-10)13-9-3-1-2-8(6-9)12(15)16/h1-3,6-7H,4-5H2,(H,13,14)(H,15,16). The first kappa shape index (κ1) is 12.0. The van der Waals surface area contributed by atoms with E-state index in [9.17, 15) is 9.59 Å². The van der Waals surface area contributed by atoms with Crippen molar-refractivity contribution in [1.82, 2.24) is 0 Å². The van der Waals surface area contributed by atoms with E-state index in [1.165, 1.54) is 18.4 Å². The second kappa shape index (κ2) is 5.22. The molecule has 0 saturated heterocycles. The molecule has 94 valence electrons. The first-order valence-electron chi connectivity index (χ1n) is 5.26. The second-order valence-electron chi connectivity index (χ2n) is 3.54. The number of ether oxygens (including phenoxy) is 2. The van der Waals surface area contributed by atoms with Crippen molar-refractivity contribution in [2.24, 2.45) is 0 Å². The number of anilines is 1. The van der Waals surface area contributed by atoms with Crippen molar-refractivity contribution in [3.8, 4) is 0 Å². The van der Waals surface area contributed by atoms with E-state index in [4.69, 9.17) is 14.6 Å². The highest BCUT2D eigenvalue weighted by Crippen LogP contribution is 2.13. The summed E-state index contributed by atoms with van der Waals surface area (Å²) in [6, 6.07) is 5.95.